The van der Waals surface area contributed by atoms with E-state index < -0.39 is 0 Å². The zero-order valence-electron chi connectivity index (χ0n) is 24.1. The van der Waals surface area contributed by atoms with Crippen LogP contribution in [0.25, 0.3) is 6.08 Å². The summed E-state index contributed by atoms with van der Waals surface area (Å²) in [6, 6.07) is 18.5. The van der Waals surface area contributed by atoms with Crippen molar-refractivity contribution in [1.29, 1.82) is 0 Å². The minimum absolute atomic E-state index is 0.336. The van der Waals surface area contributed by atoms with Gasteiger partial charge in [0.15, 0.2) is 0 Å². The molecule has 208 valence electrons. The second kappa shape index (κ2) is 10.8. The van der Waals surface area contributed by atoms with Gasteiger partial charge in [0.2, 0.25) is 0 Å². The zero-order valence-corrected chi connectivity index (χ0v) is 24.1. The van der Waals surface area contributed by atoms with Crippen molar-refractivity contribution in [2.45, 2.75) is 50.5 Å². The highest BCUT2D eigenvalue weighted by molar-refractivity contribution is 5.66. The van der Waals surface area contributed by atoms with Crippen LogP contribution in [0.2, 0.25) is 0 Å². The second-order valence-corrected chi connectivity index (χ2v) is 12.3. The van der Waals surface area contributed by atoms with Crippen LogP contribution >= 0.6 is 0 Å². The Hall–Kier alpha value is -4.30. The van der Waals surface area contributed by atoms with Crippen molar-refractivity contribution in [3.05, 3.63) is 166 Å². The first-order chi connectivity index (χ1) is 20.8. The standard InChI is InChI=1S/C40H38N2/c1-2-10-28(11-3-1)29-18-22-33(23-19-29)41-34-24-20-30(21-25-34)35-14-6-8-16-38(35)42-39-17-9-7-15-36(39)37-26-31-12-4-5-13-32(31)27-40(37)42/h1-8,10,12-13,15-16,18-22,24-25,27-28,33,35,37,41H,9,11,14,17,23,26H2. The first-order valence-electron chi connectivity index (χ1n) is 15.8. The molecule has 2 aromatic rings. The molecule has 42 heavy (non-hydrogen) atoms. The van der Waals surface area contributed by atoms with Gasteiger partial charge in [0.25, 0.3) is 0 Å². The quantitative estimate of drug-likeness (QED) is 0.402. The summed E-state index contributed by atoms with van der Waals surface area (Å²) in [5.41, 5.74) is 12.8. The Labute approximate surface area is 250 Å². The lowest BCUT2D eigenvalue weighted by molar-refractivity contribution is 0.454. The molecule has 0 radical (unpaired) electrons. The normalized spacial score (nSPS) is 27.2. The smallest absolute Gasteiger partial charge is 0.0482 e. The molecule has 2 heteroatoms. The molecule has 0 saturated carbocycles. The number of allylic oxidation sites excluding steroid dienone is 14. The Kier molecular flexibility index (Phi) is 6.56. The van der Waals surface area contributed by atoms with Crippen LogP contribution in [0.3, 0.4) is 0 Å². The van der Waals surface area contributed by atoms with Gasteiger partial charge in [-0.3, -0.25) is 0 Å². The SMILES string of the molecule is C1=CCC(C2=CCC(Nc3ccc(C4CC=CC=C4N4C5=Cc6ccccc6CC5C5=C4CCC=C5)cc3)C=C2)C=C1. The van der Waals surface area contributed by atoms with Crippen LogP contribution < -0.4 is 5.32 Å². The Bertz CT molecular complexity index is 1670. The number of nitrogens with one attached hydrogen (secondary N) is 1. The first-order valence-corrected chi connectivity index (χ1v) is 15.8. The molecule has 6 aliphatic rings. The molecule has 0 amide bonds. The van der Waals surface area contributed by atoms with Gasteiger partial charge in [-0.2, -0.15) is 0 Å². The fourth-order valence-electron chi connectivity index (χ4n) is 7.65. The summed E-state index contributed by atoms with van der Waals surface area (Å²) in [6.45, 7) is 0. The summed E-state index contributed by atoms with van der Waals surface area (Å²) in [4.78, 5) is 2.66. The monoisotopic (exact) mass is 546 g/mol. The summed E-state index contributed by atoms with van der Waals surface area (Å²) < 4.78 is 0. The van der Waals surface area contributed by atoms with Crippen LogP contribution in [0.4, 0.5) is 5.69 Å². The van der Waals surface area contributed by atoms with Gasteiger partial charge < -0.3 is 10.2 Å². The van der Waals surface area contributed by atoms with Crippen LogP contribution in [0.1, 0.15) is 54.7 Å². The van der Waals surface area contributed by atoms with E-state index in [0.717, 1.165) is 38.5 Å². The lowest BCUT2D eigenvalue weighted by Gasteiger charge is -2.36. The summed E-state index contributed by atoms with van der Waals surface area (Å²) >= 11 is 0. The minimum Gasteiger partial charge on any atom is -0.379 e. The highest BCUT2D eigenvalue weighted by Crippen LogP contribution is 2.51. The van der Waals surface area contributed by atoms with E-state index in [4.69, 9.17) is 0 Å². The van der Waals surface area contributed by atoms with Crippen molar-refractivity contribution >= 4 is 11.8 Å². The van der Waals surface area contributed by atoms with Gasteiger partial charge in [-0.15, -0.1) is 0 Å². The van der Waals surface area contributed by atoms with E-state index in [-0.39, 0.29) is 0 Å². The Morgan fingerprint density at radius 3 is 2.52 bits per heavy atom. The number of anilines is 1. The number of hydrogen-bond acceptors (Lipinski definition) is 2. The van der Waals surface area contributed by atoms with Crippen molar-refractivity contribution in [1.82, 2.24) is 4.90 Å². The molecule has 0 spiro atoms. The van der Waals surface area contributed by atoms with Crippen LogP contribution in [0.5, 0.6) is 0 Å². The number of rotatable bonds is 5. The molecule has 4 unspecified atom stereocenters. The van der Waals surface area contributed by atoms with E-state index in [0.29, 0.717) is 23.8 Å². The largest absolute Gasteiger partial charge is 0.379 e. The summed E-state index contributed by atoms with van der Waals surface area (Å²) in [6.07, 6.45) is 36.7. The molecular weight excluding hydrogens is 508 g/mol. The minimum atomic E-state index is 0.336. The molecule has 2 nitrogen and oxygen atoms in total. The van der Waals surface area contributed by atoms with Crippen LogP contribution in [-0.4, -0.2) is 10.9 Å². The van der Waals surface area contributed by atoms with E-state index in [1.807, 2.05) is 0 Å². The highest BCUT2D eigenvalue weighted by atomic mass is 15.2. The highest BCUT2D eigenvalue weighted by Gasteiger charge is 2.41. The Balaban J connectivity index is 1.03. The van der Waals surface area contributed by atoms with Gasteiger partial charge in [0, 0.05) is 46.6 Å². The number of hydrogen-bond donors (Lipinski definition) is 1. The van der Waals surface area contributed by atoms with Crippen molar-refractivity contribution in [2.24, 2.45) is 11.8 Å². The predicted molar refractivity (Wildman–Crippen MR) is 176 cm³/mol. The van der Waals surface area contributed by atoms with Crippen molar-refractivity contribution in [3.8, 4) is 0 Å². The van der Waals surface area contributed by atoms with Crippen LogP contribution in [0.15, 0.2) is 150 Å². The zero-order chi connectivity index (χ0) is 27.9. The van der Waals surface area contributed by atoms with Gasteiger partial charge in [-0.05, 0) is 90.6 Å². The van der Waals surface area contributed by atoms with Crippen molar-refractivity contribution in [3.63, 3.8) is 0 Å². The molecule has 0 saturated heterocycles. The van der Waals surface area contributed by atoms with Crippen LogP contribution in [0, 0.1) is 11.8 Å². The Morgan fingerprint density at radius 2 is 1.67 bits per heavy atom. The van der Waals surface area contributed by atoms with Gasteiger partial charge in [-0.1, -0.05) is 103 Å². The second-order valence-electron chi connectivity index (χ2n) is 12.3. The molecule has 5 aliphatic carbocycles. The maximum absolute atomic E-state index is 3.76. The fraction of sp³-hybridized carbons (Fsp3) is 0.250. The molecule has 0 aromatic heterocycles. The number of nitrogens with zero attached hydrogens (tertiary/aromatic N) is 1. The third-order valence-electron chi connectivity index (χ3n) is 9.81. The summed E-state index contributed by atoms with van der Waals surface area (Å²) in [5.74, 6) is 1.33. The first kappa shape index (κ1) is 25.4. The van der Waals surface area contributed by atoms with Gasteiger partial charge >= 0.3 is 0 Å². The van der Waals surface area contributed by atoms with Crippen molar-refractivity contribution in [2.75, 3.05) is 5.32 Å². The lowest BCUT2D eigenvalue weighted by atomic mass is 9.82. The van der Waals surface area contributed by atoms with E-state index in [2.05, 4.69) is 138 Å². The molecule has 4 atom stereocenters. The van der Waals surface area contributed by atoms with Crippen molar-refractivity contribution < 1.29 is 0 Å². The summed E-state index contributed by atoms with van der Waals surface area (Å²) in [7, 11) is 0. The summed E-state index contributed by atoms with van der Waals surface area (Å²) in [5, 5.41) is 3.76. The maximum atomic E-state index is 3.76. The lowest BCUT2D eigenvalue weighted by Crippen LogP contribution is -2.26. The Morgan fingerprint density at radius 1 is 0.762 bits per heavy atom. The molecule has 2 aromatic carbocycles. The van der Waals surface area contributed by atoms with E-state index >= 15 is 0 Å². The van der Waals surface area contributed by atoms with E-state index in [1.54, 1.807) is 0 Å². The third kappa shape index (κ3) is 4.60. The van der Waals surface area contributed by atoms with Crippen LogP contribution in [-0.2, 0) is 6.42 Å². The predicted octanol–water partition coefficient (Wildman–Crippen LogP) is 9.55. The number of benzene rings is 2. The molecule has 1 heterocycles. The molecule has 8 rings (SSSR count). The molecule has 0 bridgehead atoms. The van der Waals surface area contributed by atoms with E-state index in [1.165, 1.54) is 50.6 Å². The molecule has 0 fully saturated rings. The topological polar surface area (TPSA) is 15.3 Å². The third-order valence-corrected chi connectivity index (χ3v) is 9.81. The average Bonchev–Trinajstić information content (AvgIpc) is 3.38. The fourth-order valence-corrected chi connectivity index (χ4v) is 7.65. The van der Waals surface area contributed by atoms with E-state index in [9.17, 15) is 0 Å². The maximum Gasteiger partial charge on any atom is 0.0482 e. The van der Waals surface area contributed by atoms with Gasteiger partial charge in [0.05, 0.1) is 0 Å². The van der Waals surface area contributed by atoms with Gasteiger partial charge in [0.1, 0.15) is 0 Å². The molecule has 1 aliphatic heterocycles. The van der Waals surface area contributed by atoms with Gasteiger partial charge in [-0.25, -0.2) is 0 Å². The average molecular weight is 547 g/mol. The molecular formula is C40H38N2. The number of fused-ring (bicyclic) bond motifs is 3. The molecule has 1 N–H and O–H groups in total.